The molecule has 106 valence electrons. The molecule has 0 spiro atoms. The standard InChI is InChI=1S/C15H22ClFN2/c1-15(2,3)14-10-19(7-6-18-14)9-11-8-12(16)4-5-13(11)17/h4-5,8,14,18H,6-7,9-10H2,1-3H3. The van der Waals surface area contributed by atoms with Crippen LogP contribution in [-0.2, 0) is 6.54 Å². The van der Waals surface area contributed by atoms with Crippen LogP contribution in [0.25, 0.3) is 0 Å². The molecule has 1 aromatic carbocycles. The lowest BCUT2D eigenvalue weighted by molar-refractivity contribution is 0.128. The summed E-state index contributed by atoms with van der Waals surface area (Å²) in [5.41, 5.74) is 0.896. The summed E-state index contributed by atoms with van der Waals surface area (Å²) in [4.78, 5) is 2.29. The van der Waals surface area contributed by atoms with Crippen LogP contribution in [0.3, 0.4) is 0 Å². The molecule has 1 unspecified atom stereocenters. The summed E-state index contributed by atoms with van der Waals surface area (Å²) in [5, 5.41) is 4.14. The number of halogens is 2. The molecule has 19 heavy (non-hydrogen) atoms. The highest BCUT2D eigenvalue weighted by atomic mass is 35.5. The van der Waals surface area contributed by atoms with Crippen molar-refractivity contribution in [2.24, 2.45) is 5.41 Å². The number of piperazine rings is 1. The van der Waals surface area contributed by atoms with Crippen LogP contribution in [0.2, 0.25) is 5.02 Å². The summed E-state index contributed by atoms with van der Waals surface area (Å²) >= 11 is 5.94. The van der Waals surface area contributed by atoms with Gasteiger partial charge in [0.15, 0.2) is 0 Å². The van der Waals surface area contributed by atoms with Crippen LogP contribution in [0.1, 0.15) is 26.3 Å². The first-order valence-electron chi connectivity index (χ1n) is 6.76. The lowest BCUT2D eigenvalue weighted by atomic mass is 9.85. The first-order valence-corrected chi connectivity index (χ1v) is 7.14. The lowest BCUT2D eigenvalue weighted by Gasteiger charge is -2.40. The molecule has 0 aliphatic carbocycles. The van der Waals surface area contributed by atoms with E-state index in [0.717, 1.165) is 19.6 Å². The summed E-state index contributed by atoms with van der Waals surface area (Å²) in [6.07, 6.45) is 0. The van der Waals surface area contributed by atoms with Crippen LogP contribution in [0.5, 0.6) is 0 Å². The Balaban J connectivity index is 2.05. The summed E-state index contributed by atoms with van der Waals surface area (Å²) in [6.45, 7) is 10.1. The number of nitrogens with zero attached hydrogens (tertiary/aromatic N) is 1. The number of nitrogens with one attached hydrogen (secondary N) is 1. The fourth-order valence-electron chi connectivity index (χ4n) is 2.44. The molecule has 1 heterocycles. The van der Waals surface area contributed by atoms with Crippen LogP contribution in [-0.4, -0.2) is 30.6 Å². The van der Waals surface area contributed by atoms with E-state index in [-0.39, 0.29) is 11.2 Å². The first kappa shape index (κ1) is 14.8. The highest BCUT2D eigenvalue weighted by molar-refractivity contribution is 6.30. The number of benzene rings is 1. The lowest BCUT2D eigenvalue weighted by Crippen LogP contribution is -2.55. The minimum absolute atomic E-state index is 0.171. The van der Waals surface area contributed by atoms with Gasteiger partial charge < -0.3 is 5.32 Å². The summed E-state index contributed by atoms with van der Waals surface area (Å²) in [6, 6.07) is 5.20. The second-order valence-corrected chi connectivity index (χ2v) is 6.78. The molecule has 2 rings (SSSR count). The molecule has 0 aromatic heterocycles. The Morgan fingerprint density at radius 1 is 1.42 bits per heavy atom. The maximum absolute atomic E-state index is 13.8. The normalized spacial score (nSPS) is 21.6. The van der Waals surface area contributed by atoms with E-state index in [0.29, 0.717) is 23.2 Å². The van der Waals surface area contributed by atoms with E-state index in [1.54, 1.807) is 12.1 Å². The predicted octanol–water partition coefficient (Wildman–Crippen LogP) is 3.30. The van der Waals surface area contributed by atoms with Crippen molar-refractivity contribution in [1.82, 2.24) is 10.2 Å². The zero-order valence-corrected chi connectivity index (χ0v) is 12.6. The largest absolute Gasteiger partial charge is 0.311 e. The van der Waals surface area contributed by atoms with Crippen molar-refractivity contribution in [2.75, 3.05) is 19.6 Å². The molecule has 1 atom stereocenters. The zero-order valence-electron chi connectivity index (χ0n) is 11.8. The molecule has 2 nitrogen and oxygen atoms in total. The predicted molar refractivity (Wildman–Crippen MR) is 77.9 cm³/mol. The molecular weight excluding hydrogens is 263 g/mol. The van der Waals surface area contributed by atoms with E-state index in [1.807, 2.05) is 0 Å². The molecule has 4 heteroatoms. The SMILES string of the molecule is CC(C)(C)C1CN(Cc2cc(Cl)ccc2F)CCN1. The van der Waals surface area contributed by atoms with E-state index >= 15 is 0 Å². The van der Waals surface area contributed by atoms with Gasteiger partial charge in [-0.3, -0.25) is 4.90 Å². The average Bonchev–Trinajstić information content (AvgIpc) is 2.33. The quantitative estimate of drug-likeness (QED) is 0.896. The molecule has 1 fully saturated rings. The molecule has 1 aliphatic rings. The molecule has 0 radical (unpaired) electrons. The molecule has 0 saturated carbocycles. The van der Waals surface area contributed by atoms with Gasteiger partial charge in [-0.15, -0.1) is 0 Å². The van der Waals surface area contributed by atoms with Crippen LogP contribution in [0, 0.1) is 11.2 Å². The Morgan fingerprint density at radius 2 is 2.16 bits per heavy atom. The van der Waals surface area contributed by atoms with Crippen LogP contribution < -0.4 is 5.32 Å². The smallest absolute Gasteiger partial charge is 0.127 e. The summed E-state index contributed by atoms with van der Waals surface area (Å²) < 4.78 is 13.8. The van der Waals surface area contributed by atoms with Crippen molar-refractivity contribution in [1.29, 1.82) is 0 Å². The fraction of sp³-hybridized carbons (Fsp3) is 0.600. The maximum atomic E-state index is 13.8. The van der Waals surface area contributed by atoms with Gasteiger partial charge in [-0.2, -0.15) is 0 Å². The van der Waals surface area contributed by atoms with E-state index in [9.17, 15) is 4.39 Å². The van der Waals surface area contributed by atoms with E-state index in [4.69, 9.17) is 11.6 Å². The topological polar surface area (TPSA) is 15.3 Å². The van der Waals surface area contributed by atoms with Gasteiger partial charge in [-0.25, -0.2) is 4.39 Å². The second-order valence-electron chi connectivity index (χ2n) is 6.34. The molecule has 1 N–H and O–H groups in total. The Hall–Kier alpha value is -0.640. The van der Waals surface area contributed by atoms with Gasteiger partial charge in [-0.1, -0.05) is 32.4 Å². The minimum Gasteiger partial charge on any atom is -0.311 e. The highest BCUT2D eigenvalue weighted by Gasteiger charge is 2.29. The van der Waals surface area contributed by atoms with Gasteiger partial charge in [0.25, 0.3) is 0 Å². The third kappa shape index (κ3) is 3.91. The van der Waals surface area contributed by atoms with Gasteiger partial charge >= 0.3 is 0 Å². The molecule has 1 saturated heterocycles. The van der Waals surface area contributed by atoms with Crippen molar-refractivity contribution < 1.29 is 4.39 Å². The van der Waals surface area contributed by atoms with Crippen LogP contribution in [0.4, 0.5) is 4.39 Å². The maximum Gasteiger partial charge on any atom is 0.127 e. The zero-order chi connectivity index (χ0) is 14.0. The van der Waals surface area contributed by atoms with Crippen LogP contribution >= 0.6 is 11.6 Å². The van der Waals surface area contributed by atoms with Crippen molar-refractivity contribution >= 4 is 11.6 Å². The van der Waals surface area contributed by atoms with E-state index in [2.05, 4.69) is 31.0 Å². The molecule has 1 aromatic rings. The van der Waals surface area contributed by atoms with Crippen molar-refractivity contribution in [2.45, 2.75) is 33.4 Å². The van der Waals surface area contributed by atoms with Gasteiger partial charge in [-0.05, 0) is 23.6 Å². The number of hydrogen-bond acceptors (Lipinski definition) is 2. The fourth-order valence-corrected chi connectivity index (χ4v) is 2.63. The number of hydrogen-bond donors (Lipinski definition) is 1. The monoisotopic (exact) mass is 284 g/mol. The molecule has 1 aliphatic heterocycles. The van der Waals surface area contributed by atoms with Gasteiger partial charge in [0.05, 0.1) is 0 Å². The van der Waals surface area contributed by atoms with E-state index in [1.165, 1.54) is 6.07 Å². The molecular formula is C15H22ClFN2. The first-order chi connectivity index (χ1) is 8.86. The Bertz CT molecular complexity index is 442. The minimum atomic E-state index is -0.171. The van der Waals surface area contributed by atoms with Gasteiger partial charge in [0.2, 0.25) is 0 Å². The van der Waals surface area contributed by atoms with Crippen molar-refractivity contribution in [3.63, 3.8) is 0 Å². The van der Waals surface area contributed by atoms with Crippen LogP contribution in [0.15, 0.2) is 18.2 Å². The van der Waals surface area contributed by atoms with Crippen molar-refractivity contribution in [3.05, 3.63) is 34.6 Å². The van der Waals surface area contributed by atoms with Gasteiger partial charge in [0.1, 0.15) is 5.82 Å². The third-order valence-electron chi connectivity index (χ3n) is 3.71. The Labute approximate surface area is 119 Å². The highest BCUT2D eigenvalue weighted by Crippen LogP contribution is 2.23. The summed E-state index contributed by atoms with van der Waals surface area (Å²) in [7, 11) is 0. The Kier molecular flexibility index (Phi) is 4.49. The second kappa shape index (κ2) is 5.78. The number of rotatable bonds is 2. The van der Waals surface area contributed by atoms with E-state index < -0.39 is 0 Å². The average molecular weight is 285 g/mol. The summed E-state index contributed by atoms with van der Waals surface area (Å²) in [5.74, 6) is -0.171. The Morgan fingerprint density at radius 3 is 2.84 bits per heavy atom. The van der Waals surface area contributed by atoms with Gasteiger partial charge in [0, 0.05) is 42.8 Å². The van der Waals surface area contributed by atoms with Crippen molar-refractivity contribution in [3.8, 4) is 0 Å². The third-order valence-corrected chi connectivity index (χ3v) is 3.94. The molecule has 0 amide bonds. The molecule has 0 bridgehead atoms.